The van der Waals surface area contributed by atoms with Crippen molar-refractivity contribution in [3.8, 4) is 11.5 Å². The number of aromatic amines is 1. The second kappa shape index (κ2) is 16.4. The highest BCUT2D eigenvalue weighted by Gasteiger charge is 2.79. The molecule has 1 saturated heterocycles. The molecule has 4 aromatic rings. The molecule has 1 aliphatic heterocycles. The molecule has 10 rings (SSSR count). The number of halogens is 3. The monoisotopic (exact) mass is 903 g/mol. The van der Waals surface area contributed by atoms with Gasteiger partial charge in [-0.1, -0.05) is 44.8 Å². The number of hydrogen-bond donors (Lipinski definition) is 3. The number of nitro groups is 1. The van der Waals surface area contributed by atoms with Crippen LogP contribution in [0, 0.1) is 38.2 Å². The third-order valence-corrected chi connectivity index (χ3v) is 16.2. The van der Waals surface area contributed by atoms with Crippen LogP contribution < -0.4 is 19.7 Å². The Morgan fingerprint density at radius 3 is 2.45 bits per heavy atom. The highest BCUT2D eigenvalue weighted by atomic mass is 32.2. The lowest BCUT2D eigenvalue weighted by Gasteiger charge is -2.72. The number of anilines is 2. The highest BCUT2D eigenvalue weighted by molar-refractivity contribution is 7.90. The van der Waals surface area contributed by atoms with Crippen molar-refractivity contribution in [3.63, 3.8) is 0 Å². The SMILES string of the molecule is CC1(C)CCC(CN2CCN(c3ccc(C(=O)NS(=O)(=O)c4ccc(NC[C@H]5CC[C@@H](C)CC5)c([N+](=O)[O-])c4)c(Oc4cnc5[nH]ccc5c4)c3)CC2)=C(C23CC(C(F)(F)F)(C2)C3)C1. The number of benzene rings is 2. The largest absolute Gasteiger partial charge is 0.455 e. The fourth-order valence-corrected chi connectivity index (χ4v) is 12.0. The van der Waals surface area contributed by atoms with Crippen molar-refractivity contribution in [2.24, 2.45) is 28.1 Å². The normalized spacial score (nSPS) is 25.9. The molecule has 1 amide bonds. The first kappa shape index (κ1) is 44.1. The maximum atomic E-state index is 13.9. The van der Waals surface area contributed by atoms with E-state index in [1.54, 1.807) is 24.4 Å². The summed E-state index contributed by atoms with van der Waals surface area (Å²) in [6, 6.07) is 12.1. The Balaban J connectivity index is 0.912. The number of allylic oxidation sites excluding steroid dienone is 1. The number of pyridine rings is 1. The van der Waals surface area contributed by atoms with Gasteiger partial charge in [0.05, 0.1) is 27.0 Å². The van der Waals surface area contributed by atoms with Gasteiger partial charge in [-0.15, -0.1) is 0 Å². The predicted octanol–water partition coefficient (Wildman–Crippen LogP) is 9.98. The zero-order valence-corrected chi connectivity index (χ0v) is 37.3. The van der Waals surface area contributed by atoms with Crippen molar-refractivity contribution in [1.82, 2.24) is 19.6 Å². The van der Waals surface area contributed by atoms with Gasteiger partial charge >= 0.3 is 6.18 Å². The number of H-pyrrole nitrogens is 1. The van der Waals surface area contributed by atoms with E-state index in [4.69, 9.17) is 4.74 Å². The number of sulfonamides is 1. The summed E-state index contributed by atoms with van der Waals surface area (Å²) in [6.45, 7) is 10.6. The minimum absolute atomic E-state index is 0.0611. The average Bonchev–Trinajstić information content (AvgIpc) is 3.68. The van der Waals surface area contributed by atoms with E-state index < -0.39 is 43.0 Å². The van der Waals surface area contributed by atoms with E-state index in [1.807, 2.05) is 6.07 Å². The molecular formula is C47H56F3N7O6S. The maximum absolute atomic E-state index is 13.9. The van der Waals surface area contributed by atoms with Crippen LogP contribution in [-0.4, -0.2) is 79.6 Å². The molecule has 2 aromatic heterocycles. The molecular weight excluding hydrogens is 848 g/mol. The van der Waals surface area contributed by atoms with Crippen molar-refractivity contribution in [2.75, 3.05) is 49.5 Å². The van der Waals surface area contributed by atoms with Gasteiger partial charge in [-0.2, -0.15) is 13.2 Å². The van der Waals surface area contributed by atoms with Crippen LogP contribution >= 0.6 is 0 Å². The predicted molar refractivity (Wildman–Crippen MR) is 238 cm³/mol. The second-order valence-electron chi connectivity index (χ2n) is 20.0. The average molecular weight is 904 g/mol. The van der Waals surface area contributed by atoms with Gasteiger partial charge in [-0.3, -0.25) is 19.8 Å². The summed E-state index contributed by atoms with van der Waals surface area (Å²) in [6.07, 6.45) is 6.72. The number of ether oxygens (including phenoxy) is 1. The van der Waals surface area contributed by atoms with E-state index in [-0.39, 0.29) is 47.1 Å². The Labute approximate surface area is 371 Å². The number of hydrogen-bond acceptors (Lipinski definition) is 10. The number of nitro benzene ring substituents is 1. The molecule has 6 aliphatic rings. The van der Waals surface area contributed by atoms with E-state index >= 15 is 0 Å². The minimum Gasteiger partial charge on any atom is -0.455 e. The van der Waals surface area contributed by atoms with Gasteiger partial charge in [0, 0.05) is 68.7 Å². The Hall–Kier alpha value is -5.16. The van der Waals surface area contributed by atoms with Gasteiger partial charge in [-0.25, -0.2) is 18.1 Å². The Morgan fingerprint density at radius 1 is 1.02 bits per heavy atom. The number of carbonyl (C=O) groups excluding carboxylic acids is 1. The first-order valence-corrected chi connectivity index (χ1v) is 23.9. The Kier molecular flexibility index (Phi) is 11.3. The van der Waals surface area contributed by atoms with Gasteiger partial charge in [0.2, 0.25) is 0 Å². The lowest BCUT2D eigenvalue weighted by atomic mass is 9.31. The van der Waals surface area contributed by atoms with Crippen molar-refractivity contribution < 1.29 is 36.0 Å². The van der Waals surface area contributed by atoms with Crippen LogP contribution in [0.2, 0.25) is 0 Å². The molecule has 0 radical (unpaired) electrons. The standard InChI is InChI=1S/C47H56F3N7O6S/c1-30-4-6-31(7-5-30)24-52-39-11-9-36(22-40(39)57(59)60)64(61,62)54-43(58)37-10-8-34(21-41(37)63-35-20-32-13-15-51-42(32)53-25-35)56-18-16-55(17-19-56)26-33-12-14-44(2,3)23-38(33)45-27-46(28-45,29-45)47(48,49)50/h8-11,13,15,20-22,25,30-31,52H,4-7,12,14,16-19,23-24,26-29H2,1-3H3,(H,51,53)(H,54,58)/t30-,31+,45?,46?. The fraction of sp³-hybridized carbons (Fsp3) is 0.532. The van der Waals surface area contributed by atoms with Gasteiger partial charge in [-0.05, 0) is 110 Å². The summed E-state index contributed by atoms with van der Waals surface area (Å²) in [4.78, 5) is 37.0. The second-order valence-corrected chi connectivity index (χ2v) is 21.7. The quantitative estimate of drug-likeness (QED) is 0.0669. The highest BCUT2D eigenvalue weighted by Crippen LogP contribution is 2.82. The van der Waals surface area contributed by atoms with E-state index in [1.165, 1.54) is 35.5 Å². The van der Waals surface area contributed by atoms with Crippen molar-refractivity contribution >= 4 is 44.0 Å². The molecule has 4 saturated carbocycles. The fourth-order valence-electron chi connectivity index (χ4n) is 11.0. The molecule has 13 nitrogen and oxygen atoms in total. The molecule has 2 aromatic carbocycles. The van der Waals surface area contributed by atoms with Crippen molar-refractivity contribution in [2.45, 2.75) is 96.1 Å². The first-order chi connectivity index (χ1) is 30.3. The number of carbonyl (C=O) groups is 1. The minimum atomic E-state index is -4.58. The molecule has 3 N–H and O–H groups in total. The Morgan fingerprint density at radius 2 is 1.75 bits per heavy atom. The van der Waals surface area contributed by atoms with E-state index in [2.05, 4.69) is 50.6 Å². The van der Waals surface area contributed by atoms with Gasteiger partial charge < -0.3 is 19.9 Å². The summed E-state index contributed by atoms with van der Waals surface area (Å²) in [5.41, 5.74) is 1.96. The third kappa shape index (κ3) is 8.57. The first-order valence-electron chi connectivity index (χ1n) is 22.4. The molecule has 0 atom stereocenters. The molecule has 5 aliphatic carbocycles. The number of rotatable bonds is 13. The zero-order valence-electron chi connectivity index (χ0n) is 36.5. The van der Waals surface area contributed by atoms with Gasteiger partial charge in [0.15, 0.2) is 0 Å². The lowest BCUT2D eigenvalue weighted by Crippen LogP contribution is -2.69. The summed E-state index contributed by atoms with van der Waals surface area (Å²) in [5, 5.41) is 16.0. The van der Waals surface area contributed by atoms with Crippen LogP contribution in [-0.2, 0) is 10.0 Å². The number of aromatic nitrogens is 2. The molecule has 2 bridgehead atoms. The third-order valence-electron chi connectivity index (χ3n) is 14.8. The smallest absolute Gasteiger partial charge is 0.394 e. The number of amides is 1. The van der Waals surface area contributed by atoms with E-state index in [0.717, 1.165) is 68.6 Å². The van der Waals surface area contributed by atoms with E-state index in [0.29, 0.717) is 56.0 Å². The molecule has 17 heteroatoms. The van der Waals surface area contributed by atoms with Crippen LogP contribution in [0.5, 0.6) is 11.5 Å². The molecule has 5 fully saturated rings. The van der Waals surface area contributed by atoms with Crippen LogP contribution in [0.15, 0.2) is 77.0 Å². The number of piperazine rings is 1. The molecule has 342 valence electrons. The number of alkyl halides is 3. The zero-order chi connectivity index (χ0) is 45.2. The van der Waals surface area contributed by atoms with Crippen molar-refractivity contribution in [3.05, 3.63) is 87.7 Å². The molecule has 64 heavy (non-hydrogen) atoms. The van der Waals surface area contributed by atoms with Crippen molar-refractivity contribution in [1.29, 1.82) is 0 Å². The van der Waals surface area contributed by atoms with E-state index in [9.17, 15) is 36.5 Å². The van der Waals surface area contributed by atoms with Crippen LogP contribution in [0.25, 0.3) is 11.0 Å². The number of nitrogens with one attached hydrogen (secondary N) is 3. The summed E-state index contributed by atoms with van der Waals surface area (Å²) >= 11 is 0. The molecule has 0 unspecified atom stereocenters. The Bertz CT molecular complexity index is 2590. The van der Waals surface area contributed by atoms with Crippen LogP contribution in [0.4, 0.5) is 30.2 Å². The van der Waals surface area contributed by atoms with Crippen LogP contribution in [0.3, 0.4) is 0 Å². The number of fused-ring (bicyclic) bond motifs is 1. The summed E-state index contributed by atoms with van der Waals surface area (Å²) < 4.78 is 77.3. The molecule has 3 heterocycles. The summed E-state index contributed by atoms with van der Waals surface area (Å²) in [7, 11) is -4.58. The maximum Gasteiger partial charge on any atom is 0.394 e. The van der Waals surface area contributed by atoms with Gasteiger partial charge in [0.1, 0.15) is 22.8 Å². The molecule has 0 spiro atoms. The number of nitrogens with zero attached hydrogens (tertiary/aromatic N) is 4. The lowest BCUT2D eigenvalue weighted by molar-refractivity contribution is -0.384. The summed E-state index contributed by atoms with van der Waals surface area (Å²) in [5.74, 6) is 0.439. The van der Waals surface area contributed by atoms with Gasteiger partial charge in [0.25, 0.3) is 21.6 Å². The van der Waals surface area contributed by atoms with Crippen LogP contribution in [0.1, 0.15) is 95.3 Å². The topological polar surface area (TPSA) is 163 Å².